The monoisotopic (exact) mass is 429 g/mol. The Kier molecular flexibility index (Phi) is 5.52. The van der Waals surface area contributed by atoms with E-state index < -0.39 is 18.4 Å². The van der Waals surface area contributed by atoms with Crippen LogP contribution in [0.3, 0.4) is 0 Å². The van der Waals surface area contributed by atoms with Gasteiger partial charge in [-0.3, -0.25) is 4.98 Å². The van der Waals surface area contributed by atoms with E-state index in [-0.39, 0.29) is 11.6 Å². The lowest BCUT2D eigenvalue weighted by Gasteiger charge is -2.09. The molecule has 158 valence electrons. The number of benzene rings is 2. The maximum absolute atomic E-state index is 13.0. The van der Waals surface area contributed by atoms with Crippen LogP contribution in [0.1, 0.15) is 11.1 Å². The van der Waals surface area contributed by atoms with Crippen LogP contribution < -0.4 is 10.1 Å². The van der Waals surface area contributed by atoms with Gasteiger partial charge in [0.05, 0.1) is 5.56 Å². The molecule has 4 aromatic rings. The number of halogens is 4. The molecule has 31 heavy (non-hydrogen) atoms. The average Bonchev–Trinajstić information content (AvgIpc) is 3.23. The van der Waals surface area contributed by atoms with E-state index >= 15 is 0 Å². The third-order valence-electron chi connectivity index (χ3n) is 4.30. The molecule has 2 aromatic heterocycles. The number of ether oxygens (including phenoxy) is 1. The molecule has 0 radical (unpaired) electrons. The molecule has 4 rings (SSSR count). The van der Waals surface area contributed by atoms with Crippen molar-refractivity contribution in [2.24, 2.45) is 0 Å². The Bertz CT molecular complexity index is 1170. The molecule has 0 bridgehead atoms. The minimum Gasteiger partial charge on any atom is -0.457 e. The van der Waals surface area contributed by atoms with E-state index in [1.165, 1.54) is 24.5 Å². The fourth-order valence-corrected chi connectivity index (χ4v) is 2.78. The van der Waals surface area contributed by atoms with Gasteiger partial charge < -0.3 is 15.0 Å². The molecule has 0 amide bonds. The van der Waals surface area contributed by atoms with Crippen molar-refractivity contribution in [3.05, 3.63) is 78.1 Å². The molecule has 0 unspecified atom stereocenters. The van der Waals surface area contributed by atoms with Crippen LogP contribution in [-0.4, -0.2) is 20.2 Å². The molecule has 2 heterocycles. The van der Waals surface area contributed by atoms with Gasteiger partial charge in [-0.25, -0.2) is 4.39 Å². The SMILES string of the molecule is FCc1cnccc1Oc1ccc(-c2nnc(Nc3cccc(C(F)(F)F)c3)[nH]2)cc1. The smallest absolute Gasteiger partial charge is 0.416 e. The summed E-state index contributed by atoms with van der Waals surface area (Å²) < 4.78 is 57.2. The van der Waals surface area contributed by atoms with Crippen LogP contribution in [0.5, 0.6) is 11.5 Å². The van der Waals surface area contributed by atoms with Crippen LogP contribution in [0.2, 0.25) is 0 Å². The predicted octanol–water partition coefficient (Wildman–Crippen LogP) is 5.89. The molecular weight excluding hydrogens is 414 g/mol. The first-order chi connectivity index (χ1) is 14.9. The lowest BCUT2D eigenvalue weighted by molar-refractivity contribution is -0.137. The van der Waals surface area contributed by atoms with Crippen molar-refractivity contribution < 1.29 is 22.3 Å². The predicted molar refractivity (Wildman–Crippen MR) is 106 cm³/mol. The Hall–Kier alpha value is -3.95. The summed E-state index contributed by atoms with van der Waals surface area (Å²) in [5.41, 5.74) is 0.477. The second-order valence-electron chi connectivity index (χ2n) is 6.47. The van der Waals surface area contributed by atoms with Crippen molar-refractivity contribution in [1.82, 2.24) is 20.2 Å². The Labute approximate surface area is 173 Å². The van der Waals surface area contributed by atoms with E-state index in [0.29, 0.717) is 28.5 Å². The zero-order valence-electron chi connectivity index (χ0n) is 15.8. The quantitative estimate of drug-likeness (QED) is 0.374. The number of aromatic nitrogens is 4. The number of hydrogen-bond donors (Lipinski definition) is 2. The normalized spacial score (nSPS) is 11.4. The highest BCUT2D eigenvalue weighted by Crippen LogP contribution is 2.31. The Morgan fingerprint density at radius 3 is 2.55 bits per heavy atom. The average molecular weight is 429 g/mol. The van der Waals surface area contributed by atoms with Crippen molar-refractivity contribution in [2.75, 3.05) is 5.32 Å². The molecule has 2 N–H and O–H groups in total. The number of aromatic amines is 1. The van der Waals surface area contributed by atoms with Gasteiger partial charge >= 0.3 is 6.18 Å². The third-order valence-corrected chi connectivity index (χ3v) is 4.30. The van der Waals surface area contributed by atoms with Gasteiger partial charge in [-0.2, -0.15) is 13.2 Å². The van der Waals surface area contributed by atoms with Crippen LogP contribution in [0.25, 0.3) is 11.4 Å². The lowest BCUT2D eigenvalue weighted by atomic mass is 10.2. The van der Waals surface area contributed by atoms with Gasteiger partial charge in [0.1, 0.15) is 18.2 Å². The molecule has 0 aliphatic heterocycles. The van der Waals surface area contributed by atoms with Crippen LogP contribution in [0.4, 0.5) is 29.2 Å². The van der Waals surface area contributed by atoms with Crippen molar-refractivity contribution in [1.29, 1.82) is 0 Å². The van der Waals surface area contributed by atoms with Crippen molar-refractivity contribution in [3.63, 3.8) is 0 Å². The second kappa shape index (κ2) is 8.42. The first-order valence-corrected chi connectivity index (χ1v) is 9.06. The topological polar surface area (TPSA) is 75.7 Å². The highest BCUT2D eigenvalue weighted by Gasteiger charge is 2.30. The zero-order valence-corrected chi connectivity index (χ0v) is 15.8. The number of hydrogen-bond acceptors (Lipinski definition) is 5. The molecule has 0 fully saturated rings. The van der Waals surface area contributed by atoms with Crippen molar-refractivity contribution >= 4 is 11.6 Å². The number of alkyl halides is 4. The van der Waals surface area contributed by atoms with Crippen molar-refractivity contribution in [3.8, 4) is 22.9 Å². The van der Waals surface area contributed by atoms with E-state index in [9.17, 15) is 17.6 Å². The van der Waals surface area contributed by atoms with E-state index in [4.69, 9.17) is 4.74 Å². The van der Waals surface area contributed by atoms with Gasteiger partial charge in [-0.15, -0.1) is 10.2 Å². The number of rotatable bonds is 6. The fourth-order valence-electron chi connectivity index (χ4n) is 2.78. The summed E-state index contributed by atoms with van der Waals surface area (Å²) in [6.45, 7) is -0.693. The second-order valence-corrected chi connectivity index (χ2v) is 6.47. The molecule has 10 heteroatoms. The standard InChI is InChI=1S/C21H15F4N5O/c22-11-14-12-26-9-8-18(14)31-17-6-4-13(5-7-17)19-28-20(30-29-19)27-16-3-1-2-15(10-16)21(23,24)25/h1-10,12H,11H2,(H2,27,28,29,30). The zero-order chi connectivity index (χ0) is 21.8. The molecular formula is C21H15F4N5O. The van der Waals surface area contributed by atoms with Gasteiger partial charge in [0.25, 0.3) is 0 Å². The van der Waals surface area contributed by atoms with Gasteiger partial charge in [-0.05, 0) is 48.5 Å². The Morgan fingerprint density at radius 1 is 1.00 bits per heavy atom. The third kappa shape index (κ3) is 4.80. The minimum atomic E-state index is -4.44. The summed E-state index contributed by atoms with van der Waals surface area (Å²) in [7, 11) is 0. The lowest BCUT2D eigenvalue weighted by Crippen LogP contribution is -2.05. The molecule has 0 atom stereocenters. The van der Waals surface area contributed by atoms with Gasteiger partial charge in [-0.1, -0.05) is 6.07 Å². The number of pyridine rings is 1. The maximum atomic E-state index is 13.0. The number of nitrogens with one attached hydrogen (secondary N) is 2. The molecule has 0 saturated carbocycles. The molecule has 2 aromatic carbocycles. The summed E-state index contributed by atoms with van der Waals surface area (Å²) in [4.78, 5) is 6.77. The number of anilines is 2. The molecule has 6 nitrogen and oxygen atoms in total. The first kappa shape index (κ1) is 20.3. The van der Waals surface area contributed by atoms with Crippen LogP contribution in [-0.2, 0) is 12.9 Å². The summed E-state index contributed by atoms with van der Waals surface area (Å²) in [5.74, 6) is 1.47. The van der Waals surface area contributed by atoms with E-state index in [1.54, 1.807) is 30.3 Å². The van der Waals surface area contributed by atoms with E-state index in [1.807, 2.05) is 0 Å². The number of H-pyrrole nitrogens is 1. The maximum Gasteiger partial charge on any atom is 0.416 e. The van der Waals surface area contributed by atoms with Crippen LogP contribution >= 0.6 is 0 Å². The number of nitrogens with zero attached hydrogens (tertiary/aromatic N) is 3. The summed E-state index contributed by atoms with van der Waals surface area (Å²) >= 11 is 0. The summed E-state index contributed by atoms with van der Waals surface area (Å²) in [6, 6.07) is 13.2. The van der Waals surface area contributed by atoms with Gasteiger partial charge in [0.2, 0.25) is 5.95 Å². The molecule has 0 aliphatic rings. The summed E-state index contributed by atoms with van der Waals surface area (Å²) in [6.07, 6.45) is -1.53. The molecule has 0 saturated heterocycles. The van der Waals surface area contributed by atoms with E-state index in [2.05, 4.69) is 25.5 Å². The fraction of sp³-hybridized carbons (Fsp3) is 0.0952. The Morgan fingerprint density at radius 2 is 1.81 bits per heavy atom. The Balaban J connectivity index is 1.47. The molecule has 0 aliphatic carbocycles. The molecule has 0 spiro atoms. The van der Waals surface area contributed by atoms with Crippen molar-refractivity contribution in [2.45, 2.75) is 12.9 Å². The minimum absolute atomic E-state index is 0.194. The van der Waals surface area contributed by atoms with Crippen LogP contribution in [0.15, 0.2) is 67.0 Å². The van der Waals surface area contributed by atoms with Gasteiger partial charge in [0.15, 0.2) is 5.82 Å². The van der Waals surface area contributed by atoms with Crippen LogP contribution in [0, 0.1) is 0 Å². The first-order valence-electron chi connectivity index (χ1n) is 9.06. The summed E-state index contributed by atoms with van der Waals surface area (Å²) in [5, 5.41) is 10.7. The largest absolute Gasteiger partial charge is 0.457 e. The highest BCUT2D eigenvalue weighted by atomic mass is 19.4. The van der Waals surface area contributed by atoms with E-state index in [0.717, 1.165) is 12.1 Å². The highest BCUT2D eigenvalue weighted by molar-refractivity contribution is 5.60. The van der Waals surface area contributed by atoms with Gasteiger partial charge in [0, 0.05) is 29.2 Å².